The van der Waals surface area contributed by atoms with Crippen molar-refractivity contribution in [2.45, 2.75) is 19.4 Å². The van der Waals surface area contributed by atoms with Gasteiger partial charge in [0.2, 0.25) is 0 Å². The van der Waals surface area contributed by atoms with Crippen LogP contribution in [0.25, 0.3) is 0 Å². The number of hydrogen-bond acceptors (Lipinski definition) is 3. The molecule has 2 aliphatic heterocycles. The third kappa shape index (κ3) is 4.49. The predicted molar refractivity (Wildman–Crippen MR) is 138 cm³/mol. The molecule has 0 radical (unpaired) electrons. The van der Waals surface area contributed by atoms with Crippen molar-refractivity contribution in [3.05, 3.63) is 112 Å². The van der Waals surface area contributed by atoms with E-state index in [1.807, 2.05) is 41.3 Å². The molecule has 178 valence electrons. The maximum absolute atomic E-state index is 13.4. The number of aryl methyl sites for hydroxylation is 1. The Morgan fingerprint density at radius 2 is 1.34 bits per heavy atom. The molecule has 0 aromatic heterocycles. The van der Waals surface area contributed by atoms with E-state index in [1.54, 1.807) is 0 Å². The summed E-state index contributed by atoms with van der Waals surface area (Å²) in [6, 6.07) is 28.8. The minimum Gasteiger partial charge on any atom is -0.354 e. The molecule has 1 N–H and O–H groups in total. The van der Waals surface area contributed by atoms with Gasteiger partial charge < -0.3 is 9.80 Å². The lowest BCUT2D eigenvalue weighted by Gasteiger charge is -2.38. The summed E-state index contributed by atoms with van der Waals surface area (Å²) >= 11 is 6.47. The zero-order chi connectivity index (χ0) is 24.4. The quantitative estimate of drug-likeness (QED) is 0.542. The lowest BCUT2D eigenvalue weighted by molar-refractivity contribution is -0.929. The van der Waals surface area contributed by atoms with Gasteiger partial charge in [0.15, 0.2) is 0 Å². The summed E-state index contributed by atoms with van der Waals surface area (Å²) in [5, 5.41) is 0.0145. The summed E-state index contributed by atoms with van der Waals surface area (Å²) in [6.07, 6.45) is 0.895. The highest BCUT2D eigenvalue weighted by Gasteiger charge is 2.43. The second-order valence-corrected chi connectivity index (χ2v) is 9.41. The maximum atomic E-state index is 13.4. The Morgan fingerprint density at radius 1 is 0.800 bits per heavy atom. The number of nitrogens with zero attached hydrogens (tertiary/aromatic N) is 2. The van der Waals surface area contributed by atoms with E-state index in [0.29, 0.717) is 24.5 Å². The Morgan fingerprint density at radius 3 is 1.86 bits per heavy atom. The van der Waals surface area contributed by atoms with Gasteiger partial charge in [-0.15, -0.1) is 0 Å². The molecule has 1 fully saturated rings. The first-order chi connectivity index (χ1) is 17.1. The van der Waals surface area contributed by atoms with Crippen LogP contribution < -0.4 is 9.80 Å². The number of hydrogen-bond donors (Lipinski definition) is 1. The summed E-state index contributed by atoms with van der Waals surface area (Å²) in [5.74, 6) is -0.785. The number of carbonyl (C=O) groups is 2. The Kier molecular flexibility index (Phi) is 6.71. The summed E-state index contributed by atoms with van der Waals surface area (Å²) in [4.78, 5) is 30.9. The molecule has 5 nitrogen and oxygen atoms in total. The van der Waals surface area contributed by atoms with Crippen LogP contribution in [0.2, 0.25) is 0 Å². The Labute approximate surface area is 211 Å². The smallest absolute Gasteiger partial charge is 0.283 e. The normalized spacial score (nSPS) is 17.1. The molecule has 5 rings (SSSR count). The van der Waals surface area contributed by atoms with Crippen molar-refractivity contribution in [3.63, 3.8) is 0 Å². The van der Waals surface area contributed by atoms with Crippen molar-refractivity contribution in [1.29, 1.82) is 0 Å². The number of piperazine rings is 1. The highest BCUT2D eigenvalue weighted by Crippen LogP contribution is 2.31. The molecule has 2 heterocycles. The van der Waals surface area contributed by atoms with Crippen LogP contribution in [-0.4, -0.2) is 42.9 Å². The van der Waals surface area contributed by atoms with Crippen LogP contribution >= 0.6 is 11.6 Å². The second kappa shape index (κ2) is 10.1. The predicted octanol–water partition coefficient (Wildman–Crippen LogP) is 3.56. The van der Waals surface area contributed by atoms with Crippen LogP contribution in [0, 0.1) is 0 Å². The molecule has 3 aromatic rings. The maximum Gasteiger partial charge on any atom is 0.283 e. The molecular formula is C29H29ClN3O2+. The zero-order valence-electron chi connectivity index (χ0n) is 19.8. The summed E-state index contributed by atoms with van der Waals surface area (Å²) < 4.78 is 0. The van der Waals surface area contributed by atoms with E-state index in [4.69, 9.17) is 11.6 Å². The molecule has 35 heavy (non-hydrogen) atoms. The molecule has 1 saturated heterocycles. The van der Waals surface area contributed by atoms with Gasteiger partial charge in [-0.25, -0.2) is 4.90 Å². The average Bonchev–Trinajstić information content (AvgIpc) is 3.13. The van der Waals surface area contributed by atoms with Crippen molar-refractivity contribution in [3.8, 4) is 0 Å². The van der Waals surface area contributed by atoms with Crippen LogP contribution in [-0.2, 0) is 16.0 Å². The average molecular weight is 487 g/mol. The third-order valence-electron chi connectivity index (χ3n) is 7.00. The van der Waals surface area contributed by atoms with Gasteiger partial charge in [0, 0.05) is 11.1 Å². The Bertz CT molecular complexity index is 1190. The van der Waals surface area contributed by atoms with Gasteiger partial charge in [0.25, 0.3) is 11.8 Å². The van der Waals surface area contributed by atoms with Crippen molar-refractivity contribution < 1.29 is 14.5 Å². The topological polar surface area (TPSA) is 45.1 Å². The summed E-state index contributed by atoms with van der Waals surface area (Å²) in [6.45, 7) is 5.03. The van der Waals surface area contributed by atoms with Crippen LogP contribution in [0.3, 0.4) is 0 Å². The number of nitrogens with one attached hydrogen (secondary N) is 1. The largest absolute Gasteiger partial charge is 0.354 e. The summed E-state index contributed by atoms with van der Waals surface area (Å²) in [7, 11) is 0. The third-order valence-corrected chi connectivity index (χ3v) is 7.34. The highest BCUT2D eigenvalue weighted by molar-refractivity contribution is 6.52. The van der Waals surface area contributed by atoms with Crippen LogP contribution in [0.15, 0.2) is 95.7 Å². The molecule has 0 bridgehead atoms. The molecule has 0 saturated carbocycles. The fourth-order valence-electron chi connectivity index (χ4n) is 5.14. The van der Waals surface area contributed by atoms with Gasteiger partial charge in [-0.05, 0) is 24.1 Å². The molecule has 0 aliphatic carbocycles. The lowest BCUT2D eigenvalue weighted by Crippen LogP contribution is -3.15. The van der Waals surface area contributed by atoms with Gasteiger partial charge in [-0.3, -0.25) is 9.59 Å². The van der Waals surface area contributed by atoms with Crippen molar-refractivity contribution in [1.82, 2.24) is 4.90 Å². The fraction of sp³-hybridized carbons (Fsp3) is 0.241. The van der Waals surface area contributed by atoms with Gasteiger partial charge in [0.05, 0.1) is 31.9 Å². The first kappa shape index (κ1) is 23.3. The number of amides is 2. The number of rotatable bonds is 6. The molecule has 3 aromatic carbocycles. The van der Waals surface area contributed by atoms with E-state index in [9.17, 15) is 9.59 Å². The number of quaternary nitrogens is 1. The standard InChI is InChI=1S/C29H28ClN3O2/c1-2-21-13-15-24(16-14-21)33-28(34)25(30)27(29(33)35)32-19-17-31(18-20-32)26(22-9-5-3-6-10-22)23-11-7-4-8-12-23/h3-16,26H,2,17-20H2,1H3/p+1. The minimum absolute atomic E-state index is 0.0145. The molecule has 2 amide bonds. The van der Waals surface area contributed by atoms with E-state index in [0.717, 1.165) is 25.1 Å². The Balaban J connectivity index is 1.34. The number of benzene rings is 3. The SMILES string of the molecule is CCc1ccc(N2C(=O)C(Cl)=C(N3CC[NH+](C(c4ccccc4)c4ccccc4)CC3)C2=O)cc1. The van der Waals surface area contributed by atoms with Gasteiger partial charge >= 0.3 is 0 Å². The number of halogens is 1. The van der Waals surface area contributed by atoms with Gasteiger partial charge in [-0.2, -0.15) is 0 Å². The van der Waals surface area contributed by atoms with E-state index >= 15 is 0 Å². The van der Waals surface area contributed by atoms with E-state index in [2.05, 4.69) is 55.5 Å². The van der Waals surface area contributed by atoms with Crippen LogP contribution in [0.4, 0.5) is 5.69 Å². The minimum atomic E-state index is -0.447. The molecule has 0 atom stereocenters. The summed E-state index contributed by atoms with van der Waals surface area (Å²) in [5.41, 5.74) is 4.58. The van der Waals surface area contributed by atoms with E-state index < -0.39 is 5.91 Å². The number of anilines is 1. The second-order valence-electron chi connectivity index (χ2n) is 9.03. The fourth-order valence-corrected chi connectivity index (χ4v) is 5.43. The Hall–Kier alpha value is -3.41. The van der Waals surface area contributed by atoms with Gasteiger partial charge in [0.1, 0.15) is 16.8 Å². The van der Waals surface area contributed by atoms with Crippen molar-refractivity contribution >= 4 is 29.1 Å². The number of imide groups is 1. The zero-order valence-corrected chi connectivity index (χ0v) is 20.5. The molecule has 6 heteroatoms. The lowest BCUT2D eigenvalue weighted by atomic mass is 9.96. The van der Waals surface area contributed by atoms with Crippen molar-refractivity contribution in [2.75, 3.05) is 31.1 Å². The highest BCUT2D eigenvalue weighted by atomic mass is 35.5. The first-order valence-corrected chi connectivity index (χ1v) is 12.5. The monoisotopic (exact) mass is 486 g/mol. The number of carbonyl (C=O) groups excluding carboxylic acids is 2. The molecule has 0 unspecified atom stereocenters. The van der Waals surface area contributed by atoms with E-state index in [1.165, 1.54) is 20.9 Å². The van der Waals surface area contributed by atoms with Crippen LogP contribution in [0.1, 0.15) is 29.7 Å². The molecule has 2 aliphatic rings. The first-order valence-electron chi connectivity index (χ1n) is 12.2. The molecule has 0 spiro atoms. The van der Waals surface area contributed by atoms with Crippen LogP contribution in [0.5, 0.6) is 0 Å². The van der Waals surface area contributed by atoms with Crippen molar-refractivity contribution in [2.24, 2.45) is 0 Å². The molecular weight excluding hydrogens is 458 g/mol. The van der Waals surface area contributed by atoms with Gasteiger partial charge in [-0.1, -0.05) is 91.3 Å². The van der Waals surface area contributed by atoms with E-state index in [-0.39, 0.29) is 17.0 Å².